The summed E-state index contributed by atoms with van der Waals surface area (Å²) in [5.41, 5.74) is 13.6. The SMILES string of the molecule is Cc1cccc(C)c1N.[2H]c1cc(C([2H])([2H])[2H])c(N)c(C([2H])([2H])[2H])c1. The first-order valence-electron chi connectivity index (χ1n) is 8.98. The normalized spacial score (nSPS) is 16.7. The highest BCUT2D eigenvalue weighted by atomic mass is 14.6. The molecule has 2 heteroatoms. The minimum absolute atomic E-state index is 0.175. The van der Waals surface area contributed by atoms with Crippen molar-refractivity contribution in [3.8, 4) is 0 Å². The van der Waals surface area contributed by atoms with Crippen LogP contribution < -0.4 is 11.5 Å². The second-order valence-electron chi connectivity index (χ2n) is 4.00. The molecule has 0 aliphatic heterocycles. The van der Waals surface area contributed by atoms with Gasteiger partial charge in [-0.2, -0.15) is 0 Å². The van der Waals surface area contributed by atoms with Gasteiger partial charge in [0, 0.05) is 19.6 Å². The molecule has 0 bridgehead atoms. The molecule has 0 saturated carbocycles. The molecule has 2 aromatic rings. The van der Waals surface area contributed by atoms with E-state index in [0.717, 1.165) is 28.9 Å². The summed E-state index contributed by atoms with van der Waals surface area (Å²) in [6, 6.07) is 8.01. The lowest BCUT2D eigenvalue weighted by molar-refractivity contribution is 1.39. The lowest BCUT2D eigenvalue weighted by atomic mass is 10.1. The van der Waals surface area contributed by atoms with E-state index in [0.29, 0.717) is 0 Å². The summed E-state index contributed by atoms with van der Waals surface area (Å²) in [5, 5.41) is 0. The third-order valence-corrected chi connectivity index (χ3v) is 2.58. The first-order chi connectivity index (χ1) is 11.2. The van der Waals surface area contributed by atoms with E-state index in [-0.39, 0.29) is 22.9 Å². The van der Waals surface area contributed by atoms with Crippen LogP contribution in [0.4, 0.5) is 11.4 Å². The molecule has 2 nitrogen and oxygen atoms in total. The number of benzene rings is 2. The fourth-order valence-corrected chi connectivity index (χ4v) is 1.34. The van der Waals surface area contributed by atoms with E-state index in [2.05, 4.69) is 0 Å². The standard InChI is InChI=1S/2C8H11N/c2*1-6-4-3-5-7(2)8(6)9/h2*3-5H,9H2,1-2H3/i1D3,2D3,3D;. The number of anilines is 2. The van der Waals surface area contributed by atoms with Gasteiger partial charge in [0.2, 0.25) is 0 Å². The first-order valence-corrected chi connectivity index (χ1v) is 5.48. The molecule has 0 radical (unpaired) electrons. The van der Waals surface area contributed by atoms with Gasteiger partial charge < -0.3 is 11.5 Å². The van der Waals surface area contributed by atoms with Gasteiger partial charge in [0.15, 0.2) is 0 Å². The topological polar surface area (TPSA) is 52.0 Å². The largest absolute Gasteiger partial charge is 0.398 e. The molecule has 0 amide bonds. The maximum absolute atomic E-state index is 7.38. The Morgan fingerprint density at radius 3 is 1.67 bits per heavy atom. The van der Waals surface area contributed by atoms with E-state index in [1.165, 1.54) is 0 Å². The first kappa shape index (κ1) is 6.83. The summed E-state index contributed by atoms with van der Waals surface area (Å²) in [4.78, 5) is 0. The lowest BCUT2D eigenvalue weighted by Crippen LogP contribution is -1.91. The molecule has 2 rings (SSSR count). The van der Waals surface area contributed by atoms with Gasteiger partial charge in [0.25, 0.3) is 0 Å². The fourth-order valence-electron chi connectivity index (χ4n) is 1.34. The number of hydrogen-bond donors (Lipinski definition) is 2. The number of hydrogen-bond acceptors (Lipinski definition) is 2. The minimum Gasteiger partial charge on any atom is -0.398 e. The van der Waals surface area contributed by atoms with Crippen LogP contribution in [0.2, 0.25) is 0 Å². The number of rotatable bonds is 0. The monoisotopic (exact) mass is 249 g/mol. The van der Waals surface area contributed by atoms with Crippen LogP contribution in [0.15, 0.2) is 36.4 Å². The number of para-hydroxylation sites is 2. The molecule has 18 heavy (non-hydrogen) atoms. The zero-order valence-corrected chi connectivity index (χ0v) is 10.5. The van der Waals surface area contributed by atoms with Crippen LogP contribution in [-0.4, -0.2) is 0 Å². The van der Waals surface area contributed by atoms with Crippen LogP contribution in [0.25, 0.3) is 0 Å². The number of nitrogen functional groups attached to an aromatic ring is 2. The van der Waals surface area contributed by atoms with E-state index in [4.69, 9.17) is 21.1 Å². The van der Waals surface area contributed by atoms with E-state index < -0.39 is 13.7 Å². The van der Waals surface area contributed by atoms with Gasteiger partial charge in [-0.05, 0) is 49.8 Å². The van der Waals surface area contributed by atoms with Gasteiger partial charge in [-0.15, -0.1) is 0 Å². The Morgan fingerprint density at radius 1 is 0.833 bits per heavy atom. The van der Waals surface area contributed by atoms with Crippen molar-refractivity contribution in [1.82, 2.24) is 0 Å². The maximum atomic E-state index is 7.38. The second-order valence-corrected chi connectivity index (χ2v) is 4.00. The predicted molar refractivity (Wildman–Crippen MR) is 80.7 cm³/mol. The van der Waals surface area contributed by atoms with E-state index >= 15 is 0 Å². The summed E-state index contributed by atoms with van der Waals surface area (Å²) in [5.74, 6) is 0. The van der Waals surface area contributed by atoms with E-state index in [9.17, 15) is 0 Å². The van der Waals surface area contributed by atoms with Crippen LogP contribution >= 0.6 is 0 Å². The van der Waals surface area contributed by atoms with E-state index in [1.807, 2.05) is 32.0 Å². The van der Waals surface area contributed by atoms with Crippen molar-refractivity contribution in [2.45, 2.75) is 27.6 Å². The zero-order valence-electron chi connectivity index (χ0n) is 17.5. The van der Waals surface area contributed by atoms with Crippen LogP contribution in [0.1, 0.15) is 31.8 Å². The van der Waals surface area contributed by atoms with Crippen molar-refractivity contribution in [2.75, 3.05) is 11.5 Å². The zero-order chi connectivity index (χ0) is 19.6. The Bertz CT molecular complexity index is 694. The molecule has 4 N–H and O–H groups in total. The molecular weight excluding hydrogens is 220 g/mol. The second kappa shape index (κ2) is 6.10. The Kier molecular flexibility index (Phi) is 2.32. The summed E-state index contributed by atoms with van der Waals surface area (Å²) in [6.45, 7) is -0.993. The molecule has 96 valence electrons. The molecule has 0 saturated heterocycles. The molecule has 0 unspecified atom stereocenters. The molecular formula is C16H22N2. The molecule has 0 aliphatic rings. The summed E-state index contributed by atoms with van der Waals surface area (Å²) < 4.78 is 50.6. The van der Waals surface area contributed by atoms with Crippen LogP contribution in [0, 0.1) is 27.6 Å². The van der Waals surface area contributed by atoms with Crippen LogP contribution in [-0.2, 0) is 0 Å². The van der Waals surface area contributed by atoms with Crippen molar-refractivity contribution in [1.29, 1.82) is 0 Å². The van der Waals surface area contributed by atoms with Crippen molar-refractivity contribution < 1.29 is 9.60 Å². The Hall–Kier alpha value is -1.96. The highest BCUT2D eigenvalue weighted by Gasteiger charge is 1.93. The van der Waals surface area contributed by atoms with Crippen LogP contribution in [0.5, 0.6) is 0 Å². The number of aryl methyl sites for hydroxylation is 4. The Labute approximate surface area is 119 Å². The molecule has 0 aromatic heterocycles. The van der Waals surface area contributed by atoms with Crippen molar-refractivity contribution in [3.63, 3.8) is 0 Å². The maximum Gasteiger partial charge on any atom is 0.0623 e. The van der Waals surface area contributed by atoms with E-state index in [1.54, 1.807) is 0 Å². The van der Waals surface area contributed by atoms with Crippen molar-refractivity contribution in [2.24, 2.45) is 0 Å². The summed E-state index contributed by atoms with van der Waals surface area (Å²) >= 11 is 0. The minimum atomic E-state index is -2.51. The third kappa shape index (κ3) is 3.52. The molecule has 0 fully saturated rings. The molecule has 0 spiro atoms. The lowest BCUT2D eigenvalue weighted by Gasteiger charge is -2.00. The van der Waals surface area contributed by atoms with Gasteiger partial charge in [-0.3, -0.25) is 0 Å². The molecule has 0 aliphatic carbocycles. The molecule has 0 heterocycles. The van der Waals surface area contributed by atoms with Gasteiger partial charge in [0.1, 0.15) is 0 Å². The third-order valence-electron chi connectivity index (χ3n) is 2.58. The number of nitrogens with two attached hydrogens (primary N) is 2. The highest BCUT2D eigenvalue weighted by Crippen LogP contribution is 2.14. The van der Waals surface area contributed by atoms with Gasteiger partial charge in [0.05, 0.1) is 1.37 Å². The van der Waals surface area contributed by atoms with Crippen LogP contribution in [0.3, 0.4) is 0 Å². The average Bonchev–Trinajstić information content (AvgIpc) is 2.45. The Balaban J connectivity index is 0.000000293. The average molecular weight is 249 g/mol. The van der Waals surface area contributed by atoms with Crippen molar-refractivity contribution >= 4 is 11.4 Å². The summed E-state index contributed by atoms with van der Waals surface area (Å²) in [7, 11) is 0. The van der Waals surface area contributed by atoms with Crippen molar-refractivity contribution in [3.05, 3.63) is 58.6 Å². The fraction of sp³-hybridized carbons (Fsp3) is 0.250. The quantitative estimate of drug-likeness (QED) is 0.698. The Morgan fingerprint density at radius 2 is 1.28 bits per heavy atom. The van der Waals surface area contributed by atoms with Gasteiger partial charge in [-0.25, -0.2) is 0 Å². The highest BCUT2D eigenvalue weighted by molar-refractivity contribution is 5.52. The molecule has 2 aromatic carbocycles. The van der Waals surface area contributed by atoms with Gasteiger partial charge >= 0.3 is 0 Å². The predicted octanol–water partition coefficient (Wildman–Crippen LogP) is 3.77. The van der Waals surface area contributed by atoms with Gasteiger partial charge in [-0.1, -0.05) is 36.4 Å². The molecule has 0 atom stereocenters. The summed E-state index contributed by atoms with van der Waals surface area (Å²) in [6.07, 6.45) is 0. The smallest absolute Gasteiger partial charge is 0.0623 e.